The largest absolute Gasteiger partial charge is 0.482 e. The van der Waals surface area contributed by atoms with E-state index in [2.05, 4.69) is 18.0 Å². The first-order chi connectivity index (χ1) is 10.7. The van der Waals surface area contributed by atoms with Crippen molar-refractivity contribution < 1.29 is 14.3 Å². The van der Waals surface area contributed by atoms with Crippen molar-refractivity contribution in [3.8, 4) is 11.8 Å². The molecule has 1 amide bonds. The summed E-state index contributed by atoms with van der Waals surface area (Å²) in [5, 5.41) is 9.02. The minimum Gasteiger partial charge on any atom is -0.482 e. The van der Waals surface area contributed by atoms with Gasteiger partial charge in [0.1, 0.15) is 11.8 Å². The second-order valence-electron chi connectivity index (χ2n) is 5.65. The molecule has 2 heterocycles. The van der Waals surface area contributed by atoms with Gasteiger partial charge in [-0.2, -0.15) is 5.26 Å². The average Bonchev–Trinajstić information content (AvgIpc) is 2.98. The Morgan fingerprint density at radius 2 is 2.27 bits per heavy atom. The van der Waals surface area contributed by atoms with Gasteiger partial charge in [-0.15, -0.1) is 0 Å². The van der Waals surface area contributed by atoms with Gasteiger partial charge in [0.25, 0.3) is 5.91 Å². The van der Waals surface area contributed by atoms with Crippen LogP contribution in [0.25, 0.3) is 0 Å². The Hall–Kier alpha value is -2.10. The standard InChI is InChI=1S/C16H19N3O3/c1-18-6-7-21-15-10-19(9-13(15)18)16(20)11-22-14-5-3-2-4-12(14)8-17/h2-5,13,15H,6-7,9-11H2,1H3/t13-,15+/m0/s1. The van der Waals surface area contributed by atoms with Crippen molar-refractivity contribution in [2.24, 2.45) is 0 Å². The summed E-state index contributed by atoms with van der Waals surface area (Å²) in [4.78, 5) is 16.3. The van der Waals surface area contributed by atoms with E-state index in [4.69, 9.17) is 14.7 Å². The summed E-state index contributed by atoms with van der Waals surface area (Å²) in [6.07, 6.45) is 0.0918. The molecule has 6 nitrogen and oxygen atoms in total. The van der Waals surface area contributed by atoms with Gasteiger partial charge in [0.05, 0.1) is 24.3 Å². The number of carbonyl (C=O) groups is 1. The predicted molar refractivity (Wildman–Crippen MR) is 79.4 cm³/mol. The molecule has 0 radical (unpaired) electrons. The molecule has 6 heteroatoms. The smallest absolute Gasteiger partial charge is 0.260 e. The SMILES string of the molecule is CN1CCO[C@@H]2CN(C(=O)COc3ccccc3C#N)C[C@@H]21. The molecule has 0 unspecified atom stereocenters. The monoisotopic (exact) mass is 301 g/mol. The summed E-state index contributed by atoms with van der Waals surface area (Å²) in [7, 11) is 2.06. The van der Waals surface area contributed by atoms with E-state index in [1.807, 2.05) is 0 Å². The van der Waals surface area contributed by atoms with Gasteiger partial charge in [0, 0.05) is 19.6 Å². The highest BCUT2D eigenvalue weighted by atomic mass is 16.5. The molecule has 116 valence electrons. The molecule has 22 heavy (non-hydrogen) atoms. The Morgan fingerprint density at radius 3 is 3.05 bits per heavy atom. The number of nitrogens with zero attached hydrogens (tertiary/aromatic N) is 3. The van der Waals surface area contributed by atoms with E-state index in [0.717, 1.165) is 6.54 Å². The molecule has 3 rings (SSSR count). The number of benzene rings is 1. The number of para-hydroxylation sites is 1. The first-order valence-electron chi connectivity index (χ1n) is 7.40. The predicted octanol–water partition coefficient (Wildman–Crippen LogP) is 0.478. The number of amides is 1. The van der Waals surface area contributed by atoms with Crippen molar-refractivity contribution in [2.45, 2.75) is 12.1 Å². The zero-order chi connectivity index (χ0) is 15.5. The van der Waals surface area contributed by atoms with Crippen molar-refractivity contribution in [1.29, 1.82) is 5.26 Å². The lowest BCUT2D eigenvalue weighted by atomic mass is 10.1. The molecule has 0 aromatic heterocycles. The zero-order valence-corrected chi connectivity index (χ0v) is 12.6. The lowest BCUT2D eigenvalue weighted by Crippen LogP contribution is -2.48. The Labute approximate surface area is 129 Å². The van der Waals surface area contributed by atoms with E-state index in [9.17, 15) is 4.79 Å². The summed E-state index contributed by atoms with van der Waals surface area (Å²) >= 11 is 0. The quantitative estimate of drug-likeness (QED) is 0.812. The van der Waals surface area contributed by atoms with Crippen molar-refractivity contribution in [3.05, 3.63) is 29.8 Å². The lowest BCUT2D eigenvalue weighted by Gasteiger charge is -2.33. The molecule has 2 aliphatic heterocycles. The number of fused-ring (bicyclic) bond motifs is 1. The van der Waals surface area contributed by atoms with Crippen molar-refractivity contribution in [1.82, 2.24) is 9.80 Å². The van der Waals surface area contributed by atoms with Gasteiger partial charge in [0.15, 0.2) is 6.61 Å². The highest BCUT2D eigenvalue weighted by molar-refractivity contribution is 5.78. The molecule has 1 aromatic rings. The van der Waals surface area contributed by atoms with Crippen LogP contribution in [0.1, 0.15) is 5.56 Å². The fourth-order valence-electron chi connectivity index (χ4n) is 2.98. The highest BCUT2D eigenvalue weighted by Gasteiger charge is 2.40. The molecule has 0 N–H and O–H groups in total. The van der Waals surface area contributed by atoms with Crippen LogP contribution in [0.15, 0.2) is 24.3 Å². The van der Waals surface area contributed by atoms with Crippen LogP contribution in [0.2, 0.25) is 0 Å². The van der Waals surface area contributed by atoms with Crippen LogP contribution in [-0.4, -0.2) is 67.7 Å². The van der Waals surface area contributed by atoms with E-state index in [1.165, 1.54) is 0 Å². The molecule has 2 saturated heterocycles. The maximum atomic E-state index is 12.3. The number of hydrogen-bond acceptors (Lipinski definition) is 5. The van der Waals surface area contributed by atoms with Crippen LogP contribution in [-0.2, 0) is 9.53 Å². The third-order valence-electron chi connectivity index (χ3n) is 4.29. The Bertz CT molecular complexity index is 599. The number of hydrogen-bond donors (Lipinski definition) is 0. The van der Waals surface area contributed by atoms with E-state index >= 15 is 0 Å². The average molecular weight is 301 g/mol. The molecule has 0 spiro atoms. The number of morpholine rings is 1. The third-order valence-corrected chi connectivity index (χ3v) is 4.29. The van der Waals surface area contributed by atoms with Crippen LogP contribution < -0.4 is 4.74 Å². The second-order valence-corrected chi connectivity index (χ2v) is 5.65. The summed E-state index contributed by atoms with van der Waals surface area (Å²) in [6, 6.07) is 9.26. The lowest BCUT2D eigenvalue weighted by molar-refractivity contribution is -0.132. The summed E-state index contributed by atoms with van der Waals surface area (Å²) in [6.45, 7) is 2.84. The van der Waals surface area contributed by atoms with Crippen LogP contribution >= 0.6 is 0 Å². The van der Waals surface area contributed by atoms with Gasteiger partial charge in [-0.3, -0.25) is 9.69 Å². The van der Waals surface area contributed by atoms with Crippen molar-refractivity contribution in [3.63, 3.8) is 0 Å². The second kappa shape index (κ2) is 6.34. The van der Waals surface area contributed by atoms with Gasteiger partial charge in [-0.25, -0.2) is 0 Å². The number of nitriles is 1. The van der Waals surface area contributed by atoms with Gasteiger partial charge in [0.2, 0.25) is 0 Å². The number of rotatable bonds is 3. The topological polar surface area (TPSA) is 65.8 Å². The summed E-state index contributed by atoms with van der Waals surface area (Å²) < 4.78 is 11.2. The van der Waals surface area contributed by atoms with E-state index < -0.39 is 0 Å². The minimum absolute atomic E-state index is 0.0537. The molecular formula is C16H19N3O3. The fraction of sp³-hybridized carbons (Fsp3) is 0.500. The van der Waals surface area contributed by atoms with Crippen LogP contribution in [0.5, 0.6) is 5.75 Å². The molecule has 2 atom stereocenters. The van der Waals surface area contributed by atoms with Crippen molar-refractivity contribution in [2.75, 3.05) is 39.9 Å². The fourth-order valence-corrected chi connectivity index (χ4v) is 2.98. The minimum atomic E-state index is -0.0702. The normalized spacial score (nSPS) is 24.6. The van der Waals surface area contributed by atoms with Gasteiger partial charge in [-0.05, 0) is 19.2 Å². The first-order valence-corrected chi connectivity index (χ1v) is 7.40. The van der Waals surface area contributed by atoms with Crippen LogP contribution in [0, 0.1) is 11.3 Å². The van der Waals surface area contributed by atoms with E-state index in [0.29, 0.717) is 31.0 Å². The maximum absolute atomic E-state index is 12.3. The highest BCUT2D eigenvalue weighted by Crippen LogP contribution is 2.22. The first kappa shape index (κ1) is 14.8. The number of carbonyl (C=O) groups excluding carboxylic acids is 1. The van der Waals surface area contributed by atoms with Crippen LogP contribution in [0.4, 0.5) is 0 Å². The van der Waals surface area contributed by atoms with E-state index in [-0.39, 0.29) is 24.7 Å². The number of likely N-dealkylation sites (tertiary alicyclic amines) is 1. The number of ether oxygens (including phenoxy) is 2. The van der Waals surface area contributed by atoms with E-state index in [1.54, 1.807) is 29.2 Å². The molecular weight excluding hydrogens is 282 g/mol. The molecule has 0 bridgehead atoms. The zero-order valence-electron chi connectivity index (χ0n) is 12.6. The van der Waals surface area contributed by atoms with Crippen LogP contribution in [0.3, 0.4) is 0 Å². The van der Waals surface area contributed by atoms with Crippen molar-refractivity contribution >= 4 is 5.91 Å². The van der Waals surface area contributed by atoms with Gasteiger partial charge >= 0.3 is 0 Å². The Balaban J connectivity index is 1.58. The van der Waals surface area contributed by atoms with Gasteiger partial charge in [-0.1, -0.05) is 12.1 Å². The summed E-state index contributed by atoms with van der Waals surface area (Å²) in [5.41, 5.74) is 0.438. The Morgan fingerprint density at radius 1 is 1.45 bits per heavy atom. The third kappa shape index (κ3) is 2.91. The summed E-state index contributed by atoms with van der Waals surface area (Å²) in [5.74, 6) is 0.377. The molecule has 0 aliphatic carbocycles. The Kier molecular flexibility index (Phi) is 4.27. The molecule has 1 aromatic carbocycles. The van der Waals surface area contributed by atoms with Gasteiger partial charge < -0.3 is 14.4 Å². The molecule has 0 saturated carbocycles. The number of likely N-dealkylation sites (N-methyl/N-ethyl adjacent to an activating group) is 1. The molecule has 2 aliphatic rings. The molecule has 2 fully saturated rings. The maximum Gasteiger partial charge on any atom is 0.260 e.